The van der Waals surface area contributed by atoms with Crippen molar-refractivity contribution in [2.24, 2.45) is 0 Å². The topological polar surface area (TPSA) is 44.4 Å². The summed E-state index contributed by atoms with van der Waals surface area (Å²) in [6.45, 7) is 5.04. The Balaban J connectivity index is 1.80. The van der Waals surface area contributed by atoms with Crippen molar-refractivity contribution in [2.75, 3.05) is 26.7 Å². The number of amides is 1. The van der Waals surface area contributed by atoms with Crippen molar-refractivity contribution in [3.63, 3.8) is 0 Å². The first-order valence-electron chi connectivity index (χ1n) is 7.49. The van der Waals surface area contributed by atoms with Crippen LogP contribution in [-0.2, 0) is 11.3 Å². The quantitative estimate of drug-likeness (QED) is 0.874. The van der Waals surface area contributed by atoms with Gasteiger partial charge in [0.1, 0.15) is 0 Å². The molecule has 116 valence electrons. The largest absolute Gasteiger partial charge is 0.351 e. The molecule has 4 nitrogen and oxygen atoms in total. The van der Waals surface area contributed by atoms with Gasteiger partial charge in [-0.05, 0) is 57.1 Å². The second-order valence-corrected chi connectivity index (χ2v) is 6.10. The number of benzene rings is 1. The minimum atomic E-state index is 0.0652. The molecule has 1 aromatic carbocycles. The fraction of sp³-hybridized carbons (Fsp3) is 0.562. The zero-order valence-corrected chi connectivity index (χ0v) is 13.5. The molecule has 1 fully saturated rings. The average molecular weight is 310 g/mol. The van der Waals surface area contributed by atoms with Gasteiger partial charge in [-0.25, -0.2) is 0 Å². The fourth-order valence-corrected chi connectivity index (χ4v) is 2.89. The maximum atomic E-state index is 12.1. The van der Waals surface area contributed by atoms with Crippen LogP contribution in [0.15, 0.2) is 18.2 Å². The zero-order valence-electron chi connectivity index (χ0n) is 12.8. The molecule has 1 aliphatic rings. The predicted octanol–water partition coefficient (Wildman–Crippen LogP) is 1.95. The van der Waals surface area contributed by atoms with Crippen LogP contribution in [-0.4, -0.2) is 43.5 Å². The Labute approximate surface area is 131 Å². The molecule has 0 aliphatic carbocycles. The summed E-state index contributed by atoms with van der Waals surface area (Å²) in [6, 6.07) is 6.29. The number of piperidine rings is 1. The maximum absolute atomic E-state index is 12.1. The standard InChI is InChI=1S/C16H24ClN3O/c1-12-13(4-3-5-15(12)17)10-19-16(21)11-20(2)14-6-8-18-9-7-14/h3-5,14,18H,6-11H2,1-2H3,(H,19,21). The van der Waals surface area contributed by atoms with Crippen molar-refractivity contribution in [3.8, 4) is 0 Å². The van der Waals surface area contributed by atoms with Crippen molar-refractivity contribution in [1.29, 1.82) is 0 Å². The second kappa shape index (κ2) is 7.78. The number of halogens is 1. The lowest BCUT2D eigenvalue weighted by Crippen LogP contribution is -2.45. The van der Waals surface area contributed by atoms with Crippen LogP contribution in [0.2, 0.25) is 5.02 Å². The van der Waals surface area contributed by atoms with E-state index in [1.165, 1.54) is 0 Å². The number of nitrogens with one attached hydrogen (secondary N) is 2. The van der Waals surface area contributed by atoms with Crippen LogP contribution in [0.1, 0.15) is 24.0 Å². The Morgan fingerprint density at radius 3 is 2.86 bits per heavy atom. The van der Waals surface area contributed by atoms with Gasteiger partial charge >= 0.3 is 0 Å². The lowest BCUT2D eigenvalue weighted by atomic mass is 10.1. The highest BCUT2D eigenvalue weighted by atomic mass is 35.5. The average Bonchev–Trinajstić information content (AvgIpc) is 2.49. The molecule has 0 unspecified atom stereocenters. The molecule has 1 aromatic rings. The molecule has 5 heteroatoms. The molecule has 0 atom stereocenters. The van der Waals surface area contributed by atoms with Gasteiger partial charge in [-0.1, -0.05) is 23.7 Å². The minimum Gasteiger partial charge on any atom is -0.351 e. The third-order valence-corrected chi connectivity index (χ3v) is 4.59. The van der Waals surface area contributed by atoms with E-state index in [4.69, 9.17) is 11.6 Å². The van der Waals surface area contributed by atoms with E-state index in [1.807, 2.05) is 32.2 Å². The zero-order chi connectivity index (χ0) is 15.2. The van der Waals surface area contributed by atoms with Crippen LogP contribution in [0, 0.1) is 6.92 Å². The van der Waals surface area contributed by atoms with Crippen LogP contribution in [0.25, 0.3) is 0 Å². The summed E-state index contributed by atoms with van der Waals surface area (Å²) >= 11 is 6.09. The SMILES string of the molecule is Cc1c(Cl)cccc1CNC(=O)CN(C)C1CCNCC1. The number of carbonyl (C=O) groups excluding carboxylic acids is 1. The molecule has 2 N–H and O–H groups in total. The van der Waals surface area contributed by atoms with Gasteiger partial charge in [0, 0.05) is 17.6 Å². The first-order chi connectivity index (χ1) is 10.1. The highest BCUT2D eigenvalue weighted by molar-refractivity contribution is 6.31. The molecule has 1 amide bonds. The summed E-state index contributed by atoms with van der Waals surface area (Å²) in [5.74, 6) is 0.0652. The van der Waals surface area contributed by atoms with Gasteiger partial charge in [0.15, 0.2) is 0 Å². The fourth-order valence-electron chi connectivity index (χ4n) is 2.70. The first kappa shape index (κ1) is 16.3. The Bertz CT molecular complexity index is 486. The lowest BCUT2D eigenvalue weighted by Gasteiger charge is -2.31. The van der Waals surface area contributed by atoms with Crippen molar-refractivity contribution in [3.05, 3.63) is 34.3 Å². The van der Waals surface area contributed by atoms with Crippen LogP contribution in [0.4, 0.5) is 0 Å². The van der Waals surface area contributed by atoms with Gasteiger partial charge in [-0.15, -0.1) is 0 Å². The van der Waals surface area contributed by atoms with Gasteiger partial charge in [0.05, 0.1) is 6.54 Å². The molecule has 1 saturated heterocycles. The highest BCUT2D eigenvalue weighted by Gasteiger charge is 2.19. The van der Waals surface area contributed by atoms with E-state index in [2.05, 4.69) is 15.5 Å². The van der Waals surface area contributed by atoms with Gasteiger partial charge in [0.2, 0.25) is 5.91 Å². The Morgan fingerprint density at radius 1 is 1.43 bits per heavy atom. The summed E-state index contributed by atoms with van der Waals surface area (Å²) in [5, 5.41) is 7.07. The molecule has 0 bridgehead atoms. The number of likely N-dealkylation sites (N-methyl/N-ethyl adjacent to an activating group) is 1. The Kier molecular flexibility index (Phi) is 6.03. The molecule has 21 heavy (non-hydrogen) atoms. The van der Waals surface area contributed by atoms with E-state index >= 15 is 0 Å². The van der Waals surface area contributed by atoms with E-state index in [1.54, 1.807) is 0 Å². The summed E-state index contributed by atoms with van der Waals surface area (Å²) in [5.41, 5.74) is 2.10. The first-order valence-corrected chi connectivity index (χ1v) is 7.87. The summed E-state index contributed by atoms with van der Waals surface area (Å²) < 4.78 is 0. The predicted molar refractivity (Wildman–Crippen MR) is 86.6 cm³/mol. The molecular formula is C16H24ClN3O. The van der Waals surface area contributed by atoms with Gasteiger partial charge < -0.3 is 10.6 Å². The normalized spacial score (nSPS) is 16.2. The Hall–Kier alpha value is -1.10. The summed E-state index contributed by atoms with van der Waals surface area (Å²) in [4.78, 5) is 14.2. The van der Waals surface area contributed by atoms with E-state index < -0.39 is 0 Å². The third kappa shape index (κ3) is 4.70. The van der Waals surface area contributed by atoms with E-state index in [-0.39, 0.29) is 5.91 Å². The maximum Gasteiger partial charge on any atom is 0.234 e. The van der Waals surface area contributed by atoms with Crippen LogP contribution in [0.5, 0.6) is 0 Å². The van der Waals surface area contributed by atoms with E-state index in [0.29, 0.717) is 19.1 Å². The number of hydrogen-bond donors (Lipinski definition) is 2. The van der Waals surface area contributed by atoms with Gasteiger partial charge in [0.25, 0.3) is 0 Å². The molecule has 0 radical (unpaired) electrons. The van der Waals surface area contributed by atoms with Crippen LogP contribution >= 0.6 is 11.6 Å². The molecule has 2 rings (SSSR count). The monoisotopic (exact) mass is 309 g/mol. The molecule has 0 spiro atoms. The van der Waals surface area contributed by atoms with Gasteiger partial charge in [-0.3, -0.25) is 9.69 Å². The number of carbonyl (C=O) groups is 1. The highest BCUT2D eigenvalue weighted by Crippen LogP contribution is 2.18. The van der Waals surface area contributed by atoms with E-state index in [0.717, 1.165) is 42.1 Å². The molecule has 1 aliphatic heterocycles. The number of rotatable bonds is 5. The lowest BCUT2D eigenvalue weighted by molar-refractivity contribution is -0.122. The molecule has 1 heterocycles. The molecule has 0 aromatic heterocycles. The molecular weight excluding hydrogens is 286 g/mol. The molecule has 0 saturated carbocycles. The number of hydrogen-bond acceptors (Lipinski definition) is 3. The van der Waals surface area contributed by atoms with Gasteiger partial charge in [-0.2, -0.15) is 0 Å². The Morgan fingerprint density at radius 2 is 2.14 bits per heavy atom. The van der Waals surface area contributed by atoms with Crippen molar-refractivity contribution in [2.45, 2.75) is 32.4 Å². The second-order valence-electron chi connectivity index (χ2n) is 5.70. The third-order valence-electron chi connectivity index (χ3n) is 4.18. The van der Waals surface area contributed by atoms with E-state index in [9.17, 15) is 4.79 Å². The van der Waals surface area contributed by atoms with Crippen molar-refractivity contribution in [1.82, 2.24) is 15.5 Å². The van der Waals surface area contributed by atoms with Crippen molar-refractivity contribution < 1.29 is 4.79 Å². The summed E-state index contributed by atoms with van der Waals surface area (Å²) in [7, 11) is 2.03. The van der Waals surface area contributed by atoms with Crippen LogP contribution < -0.4 is 10.6 Å². The smallest absolute Gasteiger partial charge is 0.234 e. The minimum absolute atomic E-state index is 0.0652. The van der Waals surface area contributed by atoms with Crippen LogP contribution in [0.3, 0.4) is 0 Å². The summed E-state index contributed by atoms with van der Waals surface area (Å²) in [6.07, 6.45) is 2.22. The number of nitrogens with zero attached hydrogens (tertiary/aromatic N) is 1. The van der Waals surface area contributed by atoms with Crippen molar-refractivity contribution >= 4 is 17.5 Å².